The number of carbonyl (C=O) groups excluding carboxylic acids is 1. The molecule has 17 heavy (non-hydrogen) atoms. The van der Waals surface area contributed by atoms with Crippen LogP contribution in [-0.2, 0) is 4.74 Å². The highest BCUT2D eigenvalue weighted by Crippen LogP contribution is 2.09. The number of hydrogen-bond donors (Lipinski definition) is 2. The van der Waals surface area contributed by atoms with Gasteiger partial charge in [0, 0.05) is 0 Å². The predicted molar refractivity (Wildman–Crippen MR) is 58.8 cm³/mol. The number of rotatable bonds is 2. The van der Waals surface area contributed by atoms with Crippen LogP contribution in [0.2, 0.25) is 0 Å². The van der Waals surface area contributed by atoms with Crippen molar-refractivity contribution in [2.24, 2.45) is 0 Å². The summed E-state index contributed by atoms with van der Waals surface area (Å²) in [5.41, 5.74) is -0.807. The zero-order valence-corrected chi connectivity index (χ0v) is 9.72. The van der Waals surface area contributed by atoms with Crippen molar-refractivity contribution < 1.29 is 19.4 Å². The third kappa shape index (κ3) is 4.45. The molecule has 0 radical (unpaired) electrons. The quantitative estimate of drug-likeness (QED) is 0.811. The number of aromatic carboxylic acids is 1. The van der Waals surface area contributed by atoms with E-state index >= 15 is 0 Å². The second-order valence-electron chi connectivity index (χ2n) is 4.24. The molecular weight excluding hydrogens is 226 g/mol. The van der Waals surface area contributed by atoms with E-state index in [0.29, 0.717) is 0 Å². The first-order valence-electron chi connectivity index (χ1n) is 4.85. The average Bonchev–Trinajstić information content (AvgIpc) is 2.15. The molecule has 0 saturated carbocycles. The molecule has 0 atom stereocenters. The van der Waals surface area contributed by atoms with Crippen LogP contribution >= 0.6 is 0 Å². The van der Waals surface area contributed by atoms with Crippen LogP contribution in [0.4, 0.5) is 10.6 Å². The lowest BCUT2D eigenvalue weighted by Crippen LogP contribution is -2.27. The highest BCUT2D eigenvalue weighted by Gasteiger charge is 2.16. The molecule has 0 saturated heterocycles. The fourth-order valence-corrected chi connectivity index (χ4v) is 0.921. The molecule has 0 bridgehead atoms. The van der Waals surface area contributed by atoms with Crippen LogP contribution in [0, 0.1) is 0 Å². The number of carboxylic acid groups (broad SMARTS) is 1. The van der Waals surface area contributed by atoms with Crippen LogP contribution in [0.1, 0.15) is 31.3 Å². The zero-order valence-electron chi connectivity index (χ0n) is 9.72. The van der Waals surface area contributed by atoms with Gasteiger partial charge in [-0.1, -0.05) is 0 Å². The number of carboxylic acids is 1. The molecule has 0 aliphatic heterocycles. The molecule has 0 spiro atoms. The summed E-state index contributed by atoms with van der Waals surface area (Å²) in [7, 11) is 0. The fraction of sp³-hybridized carbons (Fsp3) is 0.400. The average molecular weight is 239 g/mol. The highest BCUT2D eigenvalue weighted by atomic mass is 16.6. The van der Waals surface area contributed by atoms with E-state index in [-0.39, 0.29) is 11.5 Å². The fourth-order valence-electron chi connectivity index (χ4n) is 0.921. The van der Waals surface area contributed by atoms with Crippen LogP contribution in [0.5, 0.6) is 0 Å². The first-order valence-corrected chi connectivity index (χ1v) is 4.85. The number of nitrogens with one attached hydrogen (secondary N) is 1. The van der Waals surface area contributed by atoms with Gasteiger partial charge in [-0.15, -0.1) is 10.2 Å². The zero-order chi connectivity index (χ0) is 13.1. The molecule has 1 heterocycles. The topological polar surface area (TPSA) is 101 Å². The number of nitrogens with zero attached hydrogens (tertiary/aromatic N) is 2. The van der Waals surface area contributed by atoms with Crippen LogP contribution in [-0.4, -0.2) is 33.0 Å². The van der Waals surface area contributed by atoms with Gasteiger partial charge in [-0.2, -0.15) is 0 Å². The van der Waals surface area contributed by atoms with E-state index in [4.69, 9.17) is 9.84 Å². The van der Waals surface area contributed by atoms with Gasteiger partial charge >= 0.3 is 12.1 Å². The van der Waals surface area contributed by atoms with Crippen molar-refractivity contribution in [1.82, 2.24) is 10.2 Å². The summed E-state index contributed by atoms with van der Waals surface area (Å²) >= 11 is 0. The van der Waals surface area contributed by atoms with Gasteiger partial charge < -0.3 is 9.84 Å². The number of anilines is 1. The maximum atomic E-state index is 11.3. The third-order valence-electron chi connectivity index (χ3n) is 1.51. The Bertz CT molecular complexity index is 422. The Hall–Kier alpha value is -2.18. The van der Waals surface area contributed by atoms with E-state index in [1.54, 1.807) is 20.8 Å². The first kappa shape index (κ1) is 12.9. The van der Waals surface area contributed by atoms with E-state index in [2.05, 4.69) is 15.5 Å². The van der Waals surface area contributed by atoms with Crippen LogP contribution in [0.15, 0.2) is 12.1 Å². The van der Waals surface area contributed by atoms with Crippen molar-refractivity contribution in [2.45, 2.75) is 26.4 Å². The van der Waals surface area contributed by atoms with Crippen LogP contribution < -0.4 is 5.32 Å². The summed E-state index contributed by atoms with van der Waals surface area (Å²) in [6, 6.07) is 2.57. The molecule has 0 aliphatic carbocycles. The Labute approximate surface area is 97.8 Å². The van der Waals surface area contributed by atoms with Gasteiger partial charge in [0.2, 0.25) is 0 Å². The molecular formula is C10H13N3O4. The van der Waals surface area contributed by atoms with Crippen molar-refractivity contribution >= 4 is 17.9 Å². The van der Waals surface area contributed by atoms with Gasteiger partial charge in [0.1, 0.15) is 5.60 Å². The largest absolute Gasteiger partial charge is 0.476 e. The molecule has 1 aromatic rings. The molecule has 1 aromatic heterocycles. The van der Waals surface area contributed by atoms with E-state index < -0.39 is 17.7 Å². The number of ether oxygens (including phenoxy) is 1. The molecule has 7 nitrogen and oxygen atoms in total. The minimum Gasteiger partial charge on any atom is -0.476 e. The smallest absolute Gasteiger partial charge is 0.413 e. The Balaban J connectivity index is 2.64. The number of amides is 1. The van der Waals surface area contributed by atoms with Crippen molar-refractivity contribution in [3.63, 3.8) is 0 Å². The Morgan fingerprint density at radius 3 is 2.35 bits per heavy atom. The number of hydrogen-bond acceptors (Lipinski definition) is 5. The molecule has 92 valence electrons. The molecule has 0 aliphatic rings. The first-order chi connectivity index (χ1) is 7.78. The van der Waals surface area contributed by atoms with Crippen LogP contribution in [0.3, 0.4) is 0 Å². The second-order valence-corrected chi connectivity index (χ2v) is 4.24. The van der Waals surface area contributed by atoms with Gasteiger partial charge in [-0.3, -0.25) is 5.32 Å². The summed E-state index contributed by atoms with van der Waals surface area (Å²) in [6.07, 6.45) is -0.671. The monoisotopic (exact) mass is 239 g/mol. The molecule has 0 unspecified atom stereocenters. The van der Waals surface area contributed by atoms with Gasteiger partial charge in [0.25, 0.3) is 0 Å². The minimum absolute atomic E-state index is 0.129. The van der Waals surface area contributed by atoms with Gasteiger partial charge in [0.05, 0.1) is 0 Å². The Morgan fingerprint density at radius 1 is 1.29 bits per heavy atom. The van der Waals surface area contributed by atoms with Crippen molar-refractivity contribution in [3.05, 3.63) is 17.8 Å². The summed E-state index contributed by atoms with van der Waals surface area (Å²) in [5.74, 6) is -1.05. The lowest BCUT2D eigenvalue weighted by molar-refractivity contribution is 0.0634. The van der Waals surface area contributed by atoms with Crippen molar-refractivity contribution in [3.8, 4) is 0 Å². The van der Waals surface area contributed by atoms with Gasteiger partial charge in [-0.05, 0) is 32.9 Å². The minimum atomic E-state index is -1.18. The normalized spacial score (nSPS) is 10.8. The lowest BCUT2D eigenvalue weighted by Gasteiger charge is -2.19. The second kappa shape index (κ2) is 4.77. The van der Waals surface area contributed by atoms with E-state index in [1.165, 1.54) is 12.1 Å². The van der Waals surface area contributed by atoms with Crippen LogP contribution in [0.25, 0.3) is 0 Å². The van der Waals surface area contributed by atoms with E-state index in [9.17, 15) is 9.59 Å². The van der Waals surface area contributed by atoms with Gasteiger partial charge in [-0.25, -0.2) is 9.59 Å². The van der Waals surface area contributed by atoms with E-state index in [1.807, 2.05) is 0 Å². The molecule has 0 aromatic carbocycles. The lowest BCUT2D eigenvalue weighted by atomic mass is 10.2. The SMILES string of the molecule is CC(C)(C)OC(=O)Nc1ccc(C(=O)O)nn1. The summed E-state index contributed by atoms with van der Waals surface area (Å²) < 4.78 is 4.99. The van der Waals surface area contributed by atoms with Crippen molar-refractivity contribution in [1.29, 1.82) is 0 Å². The summed E-state index contributed by atoms with van der Waals surface area (Å²) in [4.78, 5) is 21.8. The highest BCUT2D eigenvalue weighted by molar-refractivity contribution is 5.86. The standard InChI is InChI=1S/C10H13N3O4/c1-10(2,3)17-9(16)11-7-5-4-6(8(14)15)12-13-7/h4-5H,1-3H3,(H,14,15)(H,11,13,16). The molecule has 7 heteroatoms. The third-order valence-corrected chi connectivity index (χ3v) is 1.51. The van der Waals surface area contributed by atoms with Crippen molar-refractivity contribution in [2.75, 3.05) is 5.32 Å². The summed E-state index contributed by atoms with van der Waals surface area (Å²) in [5, 5.41) is 17.9. The maximum absolute atomic E-state index is 11.3. The predicted octanol–water partition coefficient (Wildman–Crippen LogP) is 1.52. The number of aromatic nitrogens is 2. The molecule has 1 amide bonds. The Morgan fingerprint density at radius 2 is 1.94 bits per heavy atom. The maximum Gasteiger partial charge on any atom is 0.413 e. The number of carbonyl (C=O) groups is 2. The van der Waals surface area contributed by atoms with E-state index in [0.717, 1.165) is 0 Å². The molecule has 1 rings (SSSR count). The Kier molecular flexibility index (Phi) is 3.62. The summed E-state index contributed by atoms with van der Waals surface area (Å²) in [6.45, 7) is 5.18. The molecule has 0 fully saturated rings. The van der Waals surface area contributed by atoms with Gasteiger partial charge in [0.15, 0.2) is 11.5 Å². The molecule has 2 N–H and O–H groups in total.